The second kappa shape index (κ2) is 3.38. The molecule has 0 saturated heterocycles. The zero-order chi connectivity index (χ0) is 10.9. The fraction of sp³-hybridized carbons (Fsp3) is 0.111. The number of halogens is 3. The van der Waals surface area contributed by atoms with E-state index >= 15 is 0 Å². The van der Waals surface area contributed by atoms with Crippen molar-refractivity contribution in [2.45, 2.75) is 6.18 Å². The van der Waals surface area contributed by atoms with Crippen LogP contribution in [0.15, 0.2) is 30.6 Å². The molecule has 0 saturated carbocycles. The van der Waals surface area contributed by atoms with Crippen molar-refractivity contribution in [1.29, 1.82) is 0 Å². The van der Waals surface area contributed by atoms with Crippen molar-refractivity contribution in [3.05, 3.63) is 36.4 Å². The first-order chi connectivity index (χ1) is 7.07. The van der Waals surface area contributed by atoms with Gasteiger partial charge >= 0.3 is 6.18 Å². The van der Waals surface area contributed by atoms with Crippen LogP contribution in [0.5, 0.6) is 0 Å². The summed E-state index contributed by atoms with van der Waals surface area (Å²) in [5.74, 6) is -1.01. The first kappa shape index (κ1) is 9.70. The van der Waals surface area contributed by atoms with Gasteiger partial charge in [-0.05, 0) is 12.1 Å². The predicted molar refractivity (Wildman–Crippen MR) is 46.8 cm³/mol. The summed E-state index contributed by atoms with van der Waals surface area (Å²) >= 11 is 0. The minimum Gasteiger partial charge on any atom is -0.333 e. The van der Waals surface area contributed by atoms with Crippen molar-refractivity contribution in [3.63, 3.8) is 0 Å². The number of aromatic nitrogens is 3. The Morgan fingerprint density at radius 1 is 1.13 bits per heavy atom. The number of hydrogen-bond acceptors (Lipinski definition) is 2. The highest BCUT2D eigenvalue weighted by Gasteiger charge is 2.34. The van der Waals surface area contributed by atoms with Crippen LogP contribution in [-0.4, -0.2) is 15.0 Å². The lowest BCUT2D eigenvalue weighted by atomic mass is 10.3. The monoisotopic (exact) mass is 213 g/mol. The molecule has 0 atom stereocenters. The highest BCUT2D eigenvalue weighted by atomic mass is 19.4. The maximum Gasteiger partial charge on any atom is 0.449 e. The van der Waals surface area contributed by atoms with E-state index in [1.54, 1.807) is 18.2 Å². The van der Waals surface area contributed by atoms with Crippen LogP contribution in [0.3, 0.4) is 0 Å². The molecule has 0 radical (unpaired) electrons. The van der Waals surface area contributed by atoms with E-state index < -0.39 is 12.0 Å². The molecule has 0 aliphatic heterocycles. The highest BCUT2D eigenvalue weighted by Crippen LogP contribution is 2.27. The molecule has 15 heavy (non-hydrogen) atoms. The van der Waals surface area contributed by atoms with Crippen LogP contribution in [-0.2, 0) is 6.18 Å². The van der Waals surface area contributed by atoms with Crippen LogP contribution in [0.25, 0.3) is 11.4 Å². The smallest absolute Gasteiger partial charge is 0.333 e. The van der Waals surface area contributed by atoms with E-state index in [-0.39, 0.29) is 5.69 Å². The molecule has 0 fully saturated rings. The lowest BCUT2D eigenvalue weighted by Gasteiger charge is -2.00. The van der Waals surface area contributed by atoms with Gasteiger partial charge < -0.3 is 4.98 Å². The van der Waals surface area contributed by atoms with Crippen molar-refractivity contribution < 1.29 is 13.2 Å². The Kier molecular flexibility index (Phi) is 2.18. The largest absolute Gasteiger partial charge is 0.449 e. The number of rotatable bonds is 1. The molecule has 2 heterocycles. The first-order valence-electron chi connectivity index (χ1n) is 4.11. The molecule has 0 bridgehead atoms. The average Bonchev–Trinajstić information content (AvgIpc) is 2.67. The number of imidazole rings is 1. The van der Waals surface area contributed by atoms with E-state index in [2.05, 4.69) is 15.0 Å². The molecule has 0 spiro atoms. The number of aromatic amines is 1. The molecule has 0 aromatic carbocycles. The second-order valence-corrected chi connectivity index (χ2v) is 2.86. The van der Waals surface area contributed by atoms with Gasteiger partial charge in [-0.2, -0.15) is 13.2 Å². The molecule has 0 unspecified atom stereocenters. The number of H-pyrrole nitrogens is 1. The standard InChI is InChI=1S/C9H6F3N3/c10-9(11,12)8-14-5-7(15-8)6-3-1-2-4-13-6/h1-5H,(H,14,15). The highest BCUT2D eigenvalue weighted by molar-refractivity contribution is 5.52. The number of alkyl halides is 3. The van der Waals surface area contributed by atoms with Gasteiger partial charge in [-0.3, -0.25) is 4.98 Å². The summed E-state index contributed by atoms with van der Waals surface area (Å²) in [5.41, 5.74) is 0.684. The molecular weight excluding hydrogens is 207 g/mol. The predicted octanol–water partition coefficient (Wildman–Crippen LogP) is 2.49. The molecule has 0 amide bonds. The van der Waals surface area contributed by atoms with Gasteiger partial charge in [0, 0.05) is 6.20 Å². The van der Waals surface area contributed by atoms with E-state index in [9.17, 15) is 13.2 Å². The maximum atomic E-state index is 12.2. The minimum atomic E-state index is -4.45. The van der Waals surface area contributed by atoms with Crippen molar-refractivity contribution in [2.75, 3.05) is 0 Å². The Balaban J connectivity index is 2.37. The third-order valence-electron chi connectivity index (χ3n) is 1.79. The Morgan fingerprint density at radius 3 is 2.47 bits per heavy atom. The molecule has 1 N–H and O–H groups in total. The summed E-state index contributed by atoms with van der Waals surface area (Å²) in [4.78, 5) is 9.32. The Morgan fingerprint density at radius 2 is 1.93 bits per heavy atom. The molecule has 78 valence electrons. The number of pyridine rings is 1. The molecule has 0 aliphatic carbocycles. The summed E-state index contributed by atoms with van der Waals surface area (Å²) in [5, 5.41) is 0. The van der Waals surface area contributed by atoms with Gasteiger partial charge in [-0.15, -0.1) is 0 Å². The van der Waals surface area contributed by atoms with Gasteiger partial charge in [-0.1, -0.05) is 6.07 Å². The molecule has 2 rings (SSSR count). The van der Waals surface area contributed by atoms with Crippen molar-refractivity contribution in [1.82, 2.24) is 15.0 Å². The van der Waals surface area contributed by atoms with Crippen molar-refractivity contribution in [2.24, 2.45) is 0 Å². The van der Waals surface area contributed by atoms with E-state index in [1.807, 2.05) is 0 Å². The average molecular weight is 213 g/mol. The van der Waals surface area contributed by atoms with Crippen LogP contribution in [0.2, 0.25) is 0 Å². The second-order valence-electron chi connectivity index (χ2n) is 2.86. The van der Waals surface area contributed by atoms with Crippen molar-refractivity contribution >= 4 is 0 Å². The number of hydrogen-bond donors (Lipinski definition) is 1. The lowest BCUT2D eigenvalue weighted by Crippen LogP contribution is -2.07. The van der Waals surface area contributed by atoms with Crippen LogP contribution < -0.4 is 0 Å². The third-order valence-corrected chi connectivity index (χ3v) is 1.79. The number of nitrogens with zero attached hydrogens (tertiary/aromatic N) is 2. The van der Waals surface area contributed by atoms with Gasteiger partial charge in [0.25, 0.3) is 0 Å². The Hall–Kier alpha value is -1.85. The fourth-order valence-corrected chi connectivity index (χ4v) is 1.12. The summed E-state index contributed by atoms with van der Waals surface area (Å²) in [6.45, 7) is 0. The van der Waals surface area contributed by atoms with Crippen LogP contribution in [0, 0.1) is 0 Å². The van der Waals surface area contributed by atoms with Crippen molar-refractivity contribution in [3.8, 4) is 11.4 Å². The van der Waals surface area contributed by atoms with E-state index in [1.165, 1.54) is 6.20 Å². The first-order valence-corrected chi connectivity index (χ1v) is 4.11. The zero-order valence-electron chi connectivity index (χ0n) is 7.42. The fourth-order valence-electron chi connectivity index (χ4n) is 1.12. The SMILES string of the molecule is FC(F)(F)c1ncc(-c2ccccn2)[nH]1. The van der Waals surface area contributed by atoms with Gasteiger partial charge in [0.1, 0.15) is 0 Å². The topological polar surface area (TPSA) is 41.6 Å². The molecule has 0 aliphatic rings. The quantitative estimate of drug-likeness (QED) is 0.790. The van der Waals surface area contributed by atoms with E-state index in [0.29, 0.717) is 5.69 Å². The van der Waals surface area contributed by atoms with Gasteiger partial charge in [0.15, 0.2) is 0 Å². The normalized spacial score (nSPS) is 11.7. The molecular formula is C9H6F3N3. The minimum absolute atomic E-state index is 0.253. The third kappa shape index (κ3) is 1.98. The van der Waals surface area contributed by atoms with Gasteiger partial charge in [-0.25, -0.2) is 4.98 Å². The summed E-state index contributed by atoms with van der Waals surface area (Å²) in [7, 11) is 0. The summed E-state index contributed by atoms with van der Waals surface area (Å²) in [6, 6.07) is 4.98. The molecule has 2 aromatic heterocycles. The van der Waals surface area contributed by atoms with Gasteiger partial charge in [0.2, 0.25) is 5.82 Å². The van der Waals surface area contributed by atoms with Crippen LogP contribution in [0.4, 0.5) is 13.2 Å². The van der Waals surface area contributed by atoms with E-state index in [4.69, 9.17) is 0 Å². The molecule has 3 nitrogen and oxygen atoms in total. The van der Waals surface area contributed by atoms with Crippen LogP contribution >= 0.6 is 0 Å². The maximum absolute atomic E-state index is 12.2. The number of nitrogens with one attached hydrogen (secondary N) is 1. The molecule has 2 aromatic rings. The molecule has 6 heteroatoms. The summed E-state index contributed by atoms with van der Waals surface area (Å²) in [6.07, 6.45) is -1.83. The Labute approximate surface area is 83.0 Å². The summed E-state index contributed by atoms with van der Waals surface area (Å²) < 4.78 is 36.6. The Bertz CT molecular complexity index is 447. The lowest BCUT2D eigenvalue weighted by molar-refractivity contribution is -0.144. The van der Waals surface area contributed by atoms with Crippen LogP contribution in [0.1, 0.15) is 5.82 Å². The van der Waals surface area contributed by atoms with Gasteiger partial charge in [0.05, 0.1) is 17.6 Å². The van der Waals surface area contributed by atoms with E-state index in [0.717, 1.165) is 6.20 Å². The zero-order valence-corrected chi connectivity index (χ0v) is 7.42.